The lowest BCUT2D eigenvalue weighted by Gasteiger charge is -1.92. The van der Waals surface area contributed by atoms with E-state index in [1.165, 1.54) is 0 Å². The fourth-order valence-corrected chi connectivity index (χ4v) is 1.03. The van der Waals surface area contributed by atoms with Crippen molar-refractivity contribution in [2.24, 2.45) is 15.2 Å². The van der Waals surface area contributed by atoms with E-state index in [0.29, 0.717) is 12.3 Å². The first-order valence-corrected chi connectivity index (χ1v) is 3.91. The summed E-state index contributed by atoms with van der Waals surface area (Å²) in [5.74, 6) is -0.330. The first kappa shape index (κ1) is 7.79. The first-order valence-electron chi connectivity index (χ1n) is 3.91. The summed E-state index contributed by atoms with van der Waals surface area (Å²) in [6.45, 7) is 0.299. The molecule has 0 N–H and O–H groups in total. The molecule has 0 saturated heterocycles. The molecule has 0 bridgehead atoms. The van der Waals surface area contributed by atoms with E-state index in [1.54, 1.807) is 0 Å². The minimum atomic E-state index is -0.330. The zero-order valence-corrected chi connectivity index (χ0v) is 6.84. The Morgan fingerprint density at radius 3 is 2.62 bits per heavy atom. The zero-order valence-electron chi connectivity index (χ0n) is 6.84. The molecule has 0 unspecified atom stereocenters. The number of rotatable bonds is 1. The van der Waals surface area contributed by atoms with Crippen molar-refractivity contribution in [1.82, 2.24) is 0 Å². The van der Waals surface area contributed by atoms with Gasteiger partial charge in [0.15, 0.2) is 0 Å². The Bertz CT molecular complexity index is 381. The van der Waals surface area contributed by atoms with Crippen molar-refractivity contribution in [2.75, 3.05) is 6.54 Å². The molecule has 4 nitrogen and oxygen atoms in total. The molecule has 0 aliphatic carbocycles. The molecule has 1 aliphatic heterocycles. The molecule has 1 aliphatic rings. The van der Waals surface area contributed by atoms with Crippen molar-refractivity contribution >= 4 is 17.3 Å². The van der Waals surface area contributed by atoms with Crippen LogP contribution in [0.4, 0.5) is 5.69 Å². The Labute approximate surface area is 75.0 Å². The van der Waals surface area contributed by atoms with E-state index >= 15 is 0 Å². The lowest BCUT2D eigenvalue weighted by molar-refractivity contribution is -0.111. The molecule has 0 saturated carbocycles. The number of carbonyl (C=O) groups is 1. The number of aliphatic imine (C=N–C) groups is 1. The molecule has 1 heterocycles. The largest absolute Gasteiger partial charge is 0.311 e. The summed E-state index contributed by atoms with van der Waals surface area (Å²) in [5, 5.41) is 6.96. The number of nitrogens with zero attached hydrogens (tertiary/aromatic N) is 3. The molecular weight excluding hydrogens is 166 g/mol. The number of para-hydroxylation sites is 1. The highest BCUT2D eigenvalue weighted by Crippen LogP contribution is 2.12. The topological polar surface area (TPSA) is 54.1 Å². The maximum atomic E-state index is 11.0. The monoisotopic (exact) mass is 173 g/mol. The van der Waals surface area contributed by atoms with Gasteiger partial charge in [-0.25, -0.2) is 4.99 Å². The number of carbonyl (C=O) groups excluding carboxylic acids is 1. The van der Waals surface area contributed by atoms with Gasteiger partial charge in [0.05, 0.1) is 5.69 Å². The predicted octanol–water partition coefficient (Wildman–Crippen LogP) is 1.75. The zero-order chi connectivity index (χ0) is 9.10. The van der Waals surface area contributed by atoms with E-state index in [9.17, 15) is 4.79 Å². The van der Waals surface area contributed by atoms with E-state index in [2.05, 4.69) is 15.2 Å². The first-order chi connectivity index (χ1) is 6.36. The third kappa shape index (κ3) is 1.66. The normalized spacial score (nSPS) is 18.5. The van der Waals surface area contributed by atoms with Crippen LogP contribution >= 0.6 is 0 Å². The van der Waals surface area contributed by atoms with Gasteiger partial charge in [-0.15, -0.1) is 5.11 Å². The van der Waals surface area contributed by atoms with Gasteiger partial charge in [0.1, 0.15) is 12.3 Å². The van der Waals surface area contributed by atoms with Crippen LogP contribution in [0.3, 0.4) is 0 Å². The Balaban J connectivity index is 2.27. The van der Waals surface area contributed by atoms with Gasteiger partial charge < -0.3 is 0 Å². The summed E-state index contributed by atoms with van der Waals surface area (Å²) < 4.78 is 0. The van der Waals surface area contributed by atoms with Gasteiger partial charge in [-0.2, -0.15) is 5.11 Å². The predicted molar refractivity (Wildman–Crippen MR) is 48.3 cm³/mol. The van der Waals surface area contributed by atoms with Crippen LogP contribution in [-0.4, -0.2) is 18.2 Å². The highest BCUT2D eigenvalue weighted by atomic mass is 16.2. The van der Waals surface area contributed by atoms with Crippen molar-refractivity contribution in [3.63, 3.8) is 0 Å². The highest BCUT2D eigenvalue weighted by molar-refractivity contribution is 6.41. The van der Waals surface area contributed by atoms with Crippen LogP contribution in [0.1, 0.15) is 0 Å². The quantitative estimate of drug-likeness (QED) is 0.638. The number of hydrogen-bond acceptors (Lipinski definition) is 3. The molecule has 64 valence electrons. The summed E-state index contributed by atoms with van der Waals surface area (Å²) in [6.07, 6.45) is 0. The van der Waals surface area contributed by atoms with Gasteiger partial charge in [-0.3, -0.25) is 4.79 Å². The molecule has 2 rings (SSSR count). The molecule has 0 fully saturated rings. The van der Waals surface area contributed by atoms with Crippen LogP contribution in [0.5, 0.6) is 0 Å². The second kappa shape index (κ2) is 3.26. The number of azo groups is 1. The van der Waals surface area contributed by atoms with E-state index in [1.807, 2.05) is 30.3 Å². The molecule has 1 aromatic rings. The summed E-state index contributed by atoms with van der Waals surface area (Å²) in [4.78, 5) is 15.1. The Morgan fingerprint density at radius 2 is 2.00 bits per heavy atom. The molecule has 13 heavy (non-hydrogen) atoms. The Kier molecular flexibility index (Phi) is 1.96. The Morgan fingerprint density at radius 1 is 1.23 bits per heavy atom. The molecule has 0 atom stereocenters. The molecule has 0 aromatic heterocycles. The van der Waals surface area contributed by atoms with Crippen molar-refractivity contribution in [2.45, 2.75) is 0 Å². The van der Waals surface area contributed by atoms with Crippen molar-refractivity contribution in [3.05, 3.63) is 30.3 Å². The molecule has 0 radical (unpaired) electrons. The van der Waals surface area contributed by atoms with Gasteiger partial charge in [-0.05, 0) is 12.1 Å². The summed E-state index contributed by atoms with van der Waals surface area (Å²) >= 11 is 0. The van der Waals surface area contributed by atoms with Crippen molar-refractivity contribution in [3.8, 4) is 0 Å². The van der Waals surface area contributed by atoms with E-state index in [0.717, 1.165) is 5.69 Å². The standard InChI is InChI=1S/C9H7N3O/c13-9-8(6-10-12-9)11-7-4-2-1-3-5-7/h1-5H,6H2. The van der Waals surface area contributed by atoms with Crippen LogP contribution < -0.4 is 0 Å². The minimum absolute atomic E-state index is 0.299. The Hall–Kier alpha value is -1.84. The van der Waals surface area contributed by atoms with E-state index in [4.69, 9.17) is 0 Å². The van der Waals surface area contributed by atoms with Crippen LogP contribution in [0.25, 0.3) is 0 Å². The SMILES string of the molecule is O=C1N=NCC1=Nc1ccccc1. The summed E-state index contributed by atoms with van der Waals surface area (Å²) in [5.41, 5.74) is 1.17. The second-order valence-electron chi connectivity index (χ2n) is 2.60. The summed E-state index contributed by atoms with van der Waals surface area (Å²) in [7, 11) is 0. The number of hydrogen-bond donors (Lipinski definition) is 0. The van der Waals surface area contributed by atoms with Gasteiger partial charge in [0.25, 0.3) is 0 Å². The number of amides is 1. The van der Waals surface area contributed by atoms with Crippen LogP contribution in [0.2, 0.25) is 0 Å². The maximum Gasteiger partial charge on any atom is 0.311 e. The molecule has 1 aromatic carbocycles. The smallest absolute Gasteiger partial charge is 0.264 e. The fraction of sp³-hybridized carbons (Fsp3) is 0.111. The molecular formula is C9H7N3O. The second-order valence-corrected chi connectivity index (χ2v) is 2.60. The average Bonchev–Trinajstić information content (AvgIpc) is 2.54. The van der Waals surface area contributed by atoms with E-state index < -0.39 is 0 Å². The van der Waals surface area contributed by atoms with Gasteiger partial charge >= 0.3 is 5.91 Å². The molecule has 0 spiro atoms. The molecule has 1 amide bonds. The molecule has 4 heteroatoms. The summed E-state index contributed by atoms with van der Waals surface area (Å²) in [6, 6.07) is 9.30. The third-order valence-corrected chi connectivity index (χ3v) is 1.65. The minimum Gasteiger partial charge on any atom is -0.264 e. The van der Waals surface area contributed by atoms with Gasteiger partial charge in [0.2, 0.25) is 0 Å². The average molecular weight is 173 g/mol. The maximum absolute atomic E-state index is 11.0. The van der Waals surface area contributed by atoms with Crippen LogP contribution in [0.15, 0.2) is 45.6 Å². The lowest BCUT2D eigenvalue weighted by atomic mass is 10.3. The van der Waals surface area contributed by atoms with Gasteiger partial charge in [0, 0.05) is 0 Å². The lowest BCUT2D eigenvalue weighted by Crippen LogP contribution is -2.07. The van der Waals surface area contributed by atoms with E-state index in [-0.39, 0.29) is 5.91 Å². The highest BCUT2D eigenvalue weighted by Gasteiger charge is 2.15. The van der Waals surface area contributed by atoms with Crippen molar-refractivity contribution in [1.29, 1.82) is 0 Å². The third-order valence-electron chi connectivity index (χ3n) is 1.65. The van der Waals surface area contributed by atoms with Gasteiger partial charge in [-0.1, -0.05) is 18.2 Å². The fourth-order valence-electron chi connectivity index (χ4n) is 1.03. The van der Waals surface area contributed by atoms with Crippen molar-refractivity contribution < 1.29 is 4.79 Å². The van der Waals surface area contributed by atoms with Crippen LogP contribution in [0, 0.1) is 0 Å². The van der Waals surface area contributed by atoms with Crippen LogP contribution in [-0.2, 0) is 4.79 Å². The number of benzene rings is 1.